The molecule has 0 saturated carbocycles. The molecule has 0 spiro atoms. The van der Waals surface area contributed by atoms with Gasteiger partial charge >= 0.3 is 5.97 Å². The van der Waals surface area contributed by atoms with Crippen molar-refractivity contribution in [1.29, 1.82) is 0 Å². The van der Waals surface area contributed by atoms with Crippen LogP contribution in [0.3, 0.4) is 0 Å². The van der Waals surface area contributed by atoms with Gasteiger partial charge in [-0.05, 0) is 51.2 Å². The summed E-state index contributed by atoms with van der Waals surface area (Å²) in [5.74, 6) is -0.917. The maximum atomic E-state index is 11.9. The molecule has 0 unspecified atom stereocenters. The first-order valence-electron chi connectivity index (χ1n) is 7.59. The molecular formula is C19H20BrNO3. The summed E-state index contributed by atoms with van der Waals surface area (Å²) in [6.45, 7) is 6.05. The first kappa shape index (κ1) is 18.2. The van der Waals surface area contributed by atoms with E-state index in [0.717, 1.165) is 0 Å². The van der Waals surface area contributed by atoms with Crippen LogP contribution >= 0.6 is 15.9 Å². The number of ether oxygens (including phenoxy) is 1. The number of hydrogen-bond acceptors (Lipinski definition) is 3. The van der Waals surface area contributed by atoms with Crippen molar-refractivity contribution in [2.75, 3.05) is 11.9 Å². The number of hydrogen-bond donors (Lipinski definition) is 1. The average molecular weight is 390 g/mol. The largest absolute Gasteiger partial charge is 0.452 e. The number of nitrogens with one attached hydrogen (secondary N) is 1. The van der Waals surface area contributed by atoms with Gasteiger partial charge in [-0.3, -0.25) is 4.79 Å². The van der Waals surface area contributed by atoms with E-state index in [1.807, 2.05) is 24.3 Å². The third-order valence-electron chi connectivity index (χ3n) is 3.46. The standard InChI is InChI=1S/C19H20BrNO3/c1-19(2,3)13-8-10-14(11-9-13)21-17(22)12-24-18(23)15-6-4-5-7-16(15)20/h4-11H,12H2,1-3H3,(H,21,22). The fourth-order valence-corrected chi connectivity index (χ4v) is 2.53. The molecule has 0 heterocycles. The predicted molar refractivity (Wildman–Crippen MR) is 98.2 cm³/mol. The molecule has 5 heteroatoms. The molecule has 0 bridgehead atoms. The quantitative estimate of drug-likeness (QED) is 0.780. The third-order valence-corrected chi connectivity index (χ3v) is 4.15. The Morgan fingerprint density at radius 2 is 1.67 bits per heavy atom. The predicted octanol–water partition coefficient (Wildman–Crippen LogP) is 4.54. The van der Waals surface area contributed by atoms with Crippen molar-refractivity contribution in [3.05, 3.63) is 64.1 Å². The normalized spacial score (nSPS) is 11.0. The van der Waals surface area contributed by atoms with E-state index in [0.29, 0.717) is 15.7 Å². The number of carbonyl (C=O) groups excluding carboxylic acids is 2. The zero-order valence-corrected chi connectivity index (χ0v) is 15.5. The van der Waals surface area contributed by atoms with E-state index in [2.05, 4.69) is 42.0 Å². The smallest absolute Gasteiger partial charge is 0.339 e. The summed E-state index contributed by atoms with van der Waals surface area (Å²) in [5, 5.41) is 2.71. The Bertz CT molecular complexity index is 733. The van der Waals surface area contributed by atoms with Crippen molar-refractivity contribution in [1.82, 2.24) is 0 Å². The molecule has 2 aromatic carbocycles. The van der Waals surface area contributed by atoms with Crippen molar-refractivity contribution < 1.29 is 14.3 Å². The molecule has 24 heavy (non-hydrogen) atoms. The van der Waals surface area contributed by atoms with Crippen molar-refractivity contribution in [3.63, 3.8) is 0 Å². The van der Waals surface area contributed by atoms with Crippen LogP contribution in [0.1, 0.15) is 36.7 Å². The molecule has 0 aliphatic rings. The number of benzene rings is 2. The van der Waals surface area contributed by atoms with Gasteiger partial charge in [-0.15, -0.1) is 0 Å². The van der Waals surface area contributed by atoms with E-state index < -0.39 is 5.97 Å². The molecule has 1 amide bonds. The number of halogens is 1. The van der Waals surface area contributed by atoms with Gasteiger partial charge in [-0.2, -0.15) is 0 Å². The van der Waals surface area contributed by atoms with E-state index in [-0.39, 0.29) is 17.9 Å². The second kappa shape index (κ2) is 7.62. The van der Waals surface area contributed by atoms with Crippen LogP contribution in [0.15, 0.2) is 53.0 Å². The highest BCUT2D eigenvalue weighted by atomic mass is 79.9. The fourth-order valence-electron chi connectivity index (χ4n) is 2.09. The van der Waals surface area contributed by atoms with Crippen molar-refractivity contribution >= 4 is 33.5 Å². The average Bonchev–Trinajstić information content (AvgIpc) is 2.53. The van der Waals surface area contributed by atoms with Gasteiger partial charge in [0.15, 0.2) is 6.61 Å². The van der Waals surface area contributed by atoms with E-state index in [1.165, 1.54) is 5.56 Å². The van der Waals surface area contributed by atoms with Gasteiger partial charge in [0.1, 0.15) is 0 Å². The van der Waals surface area contributed by atoms with E-state index in [9.17, 15) is 9.59 Å². The third kappa shape index (κ3) is 4.93. The number of amides is 1. The van der Waals surface area contributed by atoms with Crippen LogP contribution in [0.5, 0.6) is 0 Å². The second-order valence-electron chi connectivity index (χ2n) is 6.43. The van der Waals surface area contributed by atoms with E-state index in [1.54, 1.807) is 24.3 Å². The molecule has 0 radical (unpaired) electrons. The molecule has 0 saturated heterocycles. The Balaban J connectivity index is 1.90. The minimum absolute atomic E-state index is 0.0567. The molecule has 2 aromatic rings. The number of carbonyl (C=O) groups is 2. The molecule has 0 fully saturated rings. The monoisotopic (exact) mass is 389 g/mol. The fraction of sp³-hybridized carbons (Fsp3) is 0.263. The zero-order valence-electron chi connectivity index (χ0n) is 13.9. The van der Waals surface area contributed by atoms with Crippen molar-refractivity contribution in [3.8, 4) is 0 Å². The highest BCUT2D eigenvalue weighted by Gasteiger charge is 2.15. The summed E-state index contributed by atoms with van der Waals surface area (Å²) >= 11 is 3.28. The Labute approximate surface area is 150 Å². The molecule has 126 valence electrons. The molecule has 2 rings (SSSR count). The minimum Gasteiger partial charge on any atom is -0.452 e. The molecule has 0 aliphatic heterocycles. The molecule has 4 nitrogen and oxygen atoms in total. The van der Waals surface area contributed by atoms with Crippen LogP contribution in [0, 0.1) is 0 Å². The lowest BCUT2D eigenvalue weighted by molar-refractivity contribution is -0.119. The highest BCUT2D eigenvalue weighted by molar-refractivity contribution is 9.10. The van der Waals surface area contributed by atoms with Gasteiger partial charge in [0.2, 0.25) is 0 Å². The van der Waals surface area contributed by atoms with Crippen LogP contribution in [0.4, 0.5) is 5.69 Å². The maximum Gasteiger partial charge on any atom is 0.339 e. The SMILES string of the molecule is CC(C)(C)c1ccc(NC(=O)COC(=O)c2ccccc2Br)cc1. The first-order chi connectivity index (χ1) is 11.3. The lowest BCUT2D eigenvalue weighted by Crippen LogP contribution is -2.21. The summed E-state index contributed by atoms with van der Waals surface area (Å²) in [4.78, 5) is 23.9. The lowest BCUT2D eigenvalue weighted by atomic mass is 9.87. The topological polar surface area (TPSA) is 55.4 Å². The van der Waals surface area contributed by atoms with Gasteiger partial charge < -0.3 is 10.1 Å². The van der Waals surface area contributed by atoms with Crippen molar-refractivity contribution in [2.45, 2.75) is 26.2 Å². The van der Waals surface area contributed by atoms with Crippen LogP contribution in [0.25, 0.3) is 0 Å². The molecular weight excluding hydrogens is 370 g/mol. The Morgan fingerprint density at radius 3 is 2.25 bits per heavy atom. The molecule has 0 aromatic heterocycles. The van der Waals surface area contributed by atoms with Gasteiger partial charge in [0, 0.05) is 10.2 Å². The number of anilines is 1. The first-order valence-corrected chi connectivity index (χ1v) is 8.39. The number of rotatable bonds is 4. The zero-order chi connectivity index (χ0) is 17.7. The summed E-state index contributed by atoms with van der Waals surface area (Å²) in [7, 11) is 0. The Hall–Kier alpha value is -2.14. The summed E-state index contributed by atoms with van der Waals surface area (Å²) in [5.41, 5.74) is 2.30. The van der Waals surface area contributed by atoms with E-state index in [4.69, 9.17) is 4.74 Å². The Morgan fingerprint density at radius 1 is 1.04 bits per heavy atom. The van der Waals surface area contributed by atoms with Crippen LogP contribution in [0.2, 0.25) is 0 Å². The van der Waals surface area contributed by atoms with Crippen LogP contribution in [-0.2, 0) is 14.9 Å². The molecule has 0 atom stereocenters. The summed E-state index contributed by atoms with van der Waals surface area (Å²) < 4.78 is 5.67. The minimum atomic E-state index is -0.541. The molecule has 1 N–H and O–H groups in total. The number of esters is 1. The van der Waals surface area contributed by atoms with Crippen molar-refractivity contribution in [2.24, 2.45) is 0 Å². The summed E-state index contributed by atoms with van der Waals surface area (Å²) in [6, 6.07) is 14.5. The van der Waals surface area contributed by atoms with Crippen LogP contribution < -0.4 is 5.32 Å². The Kier molecular flexibility index (Phi) is 5.78. The van der Waals surface area contributed by atoms with Gasteiger partial charge in [-0.25, -0.2) is 4.79 Å². The van der Waals surface area contributed by atoms with Gasteiger partial charge in [0.25, 0.3) is 5.91 Å². The lowest BCUT2D eigenvalue weighted by Gasteiger charge is -2.19. The molecule has 0 aliphatic carbocycles. The summed E-state index contributed by atoms with van der Waals surface area (Å²) in [6.07, 6.45) is 0. The van der Waals surface area contributed by atoms with Gasteiger partial charge in [-0.1, -0.05) is 45.0 Å². The second-order valence-corrected chi connectivity index (χ2v) is 7.29. The van der Waals surface area contributed by atoms with Crippen LogP contribution in [-0.4, -0.2) is 18.5 Å². The van der Waals surface area contributed by atoms with Gasteiger partial charge in [0.05, 0.1) is 5.56 Å². The van der Waals surface area contributed by atoms with E-state index >= 15 is 0 Å². The maximum absolute atomic E-state index is 11.9. The highest BCUT2D eigenvalue weighted by Crippen LogP contribution is 2.23.